The minimum atomic E-state index is -0.724. The van der Waals surface area contributed by atoms with E-state index in [4.69, 9.17) is 19.2 Å². The topological polar surface area (TPSA) is 81.2 Å². The predicted molar refractivity (Wildman–Crippen MR) is 149 cm³/mol. The Morgan fingerprint density at radius 3 is 2.08 bits per heavy atom. The van der Waals surface area contributed by atoms with Crippen LogP contribution in [0.4, 0.5) is 16.4 Å². The molecule has 8 heteroatoms. The van der Waals surface area contributed by atoms with Crippen LogP contribution in [0.5, 0.6) is 11.5 Å². The first-order valence-corrected chi connectivity index (χ1v) is 12.7. The summed E-state index contributed by atoms with van der Waals surface area (Å²) in [4.78, 5) is 35.1. The van der Waals surface area contributed by atoms with E-state index >= 15 is 0 Å². The standard InChI is InChI=1S/C30H37N3O5/c1-8-19-33(29(35)38-30(3,4)5)27-25(36-20-22-15-11-9-12-16-22)24(21(2)26(31-27)32(6)7)28(34)37-23-17-13-10-14-18-23/h9-18H,8,19-20H2,1-7H3. The fourth-order valence-electron chi connectivity index (χ4n) is 3.83. The van der Waals surface area contributed by atoms with Crippen LogP contribution in [-0.4, -0.2) is 43.3 Å². The van der Waals surface area contributed by atoms with E-state index in [0.717, 1.165) is 5.56 Å². The van der Waals surface area contributed by atoms with Gasteiger partial charge in [-0.05, 0) is 51.8 Å². The number of rotatable bonds is 9. The SMILES string of the molecule is CCCN(C(=O)OC(C)(C)C)c1nc(N(C)C)c(C)c(C(=O)Oc2ccccc2)c1OCc1ccccc1. The van der Waals surface area contributed by atoms with Crippen LogP contribution >= 0.6 is 0 Å². The minimum Gasteiger partial charge on any atom is -0.484 e. The number of ether oxygens (including phenoxy) is 3. The maximum atomic E-state index is 13.7. The summed E-state index contributed by atoms with van der Waals surface area (Å²) in [7, 11) is 3.65. The van der Waals surface area contributed by atoms with Gasteiger partial charge < -0.3 is 19.1 Å². The largest absolute Gasteiger partial charge is 0.484 e. The summed E-state index contributed by atoms with van der Waals surface area (Å²) < 4.78 is 17.8. The number of nitrogens with zero attached hydrogens (tertiary/aromatic N) is 3. The van der Waals surface area contributed by atoms with Gasteiger partial charge in [-0.15, -0.1) is 0 Å². The Hall–Kier alpha value is -4.07. The first kappa shape index (κ1) is 28.5. The van der Waals surface area contributed by atoms with Crippen LogP contribution in [0.15, 0.2) is 60.7 Å². The number of benzene rings is 2. The summed E-state index contributed by atoms with van der Waals surface area (Å²) in [5.41, 5.74) is 0.944. The molecular weight excluding hydrogens is 482 g/mol. The average molecular weight is 520 g/mol. The monoisotopic (exact) mass is 519 g/mol. The molecule has 0 saturated carbocycles. The highest BCUT2D eigenvalue weighted by Crippen LogP contribution is 2.39. The molecule has 8 nitrogen and oxygen atoms in total. The number of hydrogen-bond acceptors (Lipinski definition) is 7. The van der Waals surface area contributed by atoms with Crippen LogP contribution < -0.4 is 19.3 Å². The van der Waals surface area contributed by atoms with E-state index in [0.29, 0.717) is 30.1 Å². The van der Waals surface area contributed by atoms with Crippen molar-refractivity contribution in [3.63, 3.8) is 0 Å². The zero-order valence-corrected chi connectivity index (χ0v) is 23.3. The van der Waals surface area contributed by atoms with Crippen molar-refractivity contribution >= 4 is 23.7 Å². The van der Waals surface area contributed by atoms with Crippen molar-refractivity contribution in [1.29, 1.82) is 0 Å². The maximum Gasteiger partial charge on any atom is 0.416 e. The lowest BCUT2D eigenvalue weighted by atomic mass is 10.1. The summed E-state index contributed by atoms with van der Waals surface area (Å²) in [6.45, 7) is 9.63. The van der Waals surface area contributed by atoms with Gasteiger partial charge in [-0.1, -0.05) is 55.5 Å². The van der Waals surface area contributed by atoms with Gasteiger partial charge in [-0.2, -0.15) is 0 Å². The normalized spacial score (nSPS) is 11.0. The molecule has 1 aromatic heterocycles. The highest BCUT2D eigenvalue weighted by Gasteiger charge is 2.33. The van der Waals surface area contributed by atoms with E-state index in [1.165, 1.54) is 4.90 Å². The molecule has 0 N–H and O–H groups in total. The highest BCUT2D eigenvalue weighted by molar-refractivity contribution is 6.01. The van der Waals surface area contributed by atoms with Gasteiger partial charge in [0.2, 0.25) is 0 Å². The van der Waals surface area contributed by atoms with Crippen LogP contribution in [0.25, 0.3) is 0 Å². The first-order valence-electron chi connectivity index (χ1n) is 12.7. The quantitative estimate of drug-likeness (QED) is 0.239. The molecule has 0 radical (unpaired) electrons. The zero-order chi connectivity index (χ0) is 27.9. The fourth-order valence-corrected chi connectivity index (χ4v) is 3.83. The number of carbonyl (C=O) groups excluding carboxylic acids is 2. The Bertz CT molecular complexity index is 1240. The van der Waals surface area contributed by atoms with Gasteiger partial charge in [-0.25, -0.2) is 14.6 Å². The Morgan fingerprint density at radius 2 is 1.53 bits per heavy atom. The van der Waals surface area contributed by atoms with Gasteiger partial charge in [0.25, 0.3) is 0 Å². The molecule has 202 valence electrons. The molecule has 3 aromatic rings. The van der Waals surface area contributed by atoms with Crippen LogP contribution in [0.3, 0.4) is 0 Å². The number of amides is 1. The van der Waals surface area contributed by atoms with Crippen LogP contribution in [0, 0.1) is 6.92 Å². The minimum absolute atomic E-state index is 0.163. The zero-order valence-electron chi connectivity index (χ0n) is 23.3. The first-order chi connectivity index (χ1) is 18.0. The van der Waals surface area contributed by atoms with Crippen molar-refractivity contribution in [2.45, 2.75) is 53.2 Å². The Balaban J connectivity index is 2.22. The van der Waals surface area contributed by atoms with Gasteiger partial charge in [0.1, 0.15) is 29.3 Å². The Morgan fingerprint density at radius 1 is 0.921 bits per heavy atom. The summed E-state index contributed by atoms with van der Waals surface area (Å²) in [5, 5.41) is 0. The molecule has 38 heavy (non-hydrogen) atoms. The van der Waals surface area contributed by atoms with Crippen molar-refractivity contribution in [2.75, 3.05) is 30.4 Å². The van der Waals surface area contributed by atoms with Gasteiger partial charge >= 0.3 is 12.1 Å². The molecule has 0 bridgehead atoms. The summed E-state index contributed by atoms with van der Waals surface area (Å²) >= 11 is 0. The second-order valence-electron chi connectivity index (χ2n) is 10.1. The van der Waals surface area contributed by atoms with Gasteiger partial charge in [0, 0.05) is 26.2 Å². The molecule has 1 amide bonds. The second kappa shape index (κ2) is 12.4. The third-order valence-corrected chi connectivity index (χ3v) is 5.48. The summed E-state index contributed by atoms with van der Waals surface area (Å²) in [6.07, 6.45) is 0.0564. The van der Waals surface area contributed by atoms with E-state index in [-0.39, 0.29) is 23.7 Å². The molecule has 2 aromatic carbocycles. The van der Waals surface area contributed by atoms with Crippen molar-refractivity contribution < 1.29 is 23.8 Å². The Labute approximate surface area is 225 Å². The average Bonchev–Trinajstić information content (AvgIpc) is 2.86. The molecule has 1 heterocycles. The van der Waals surface area contributed by atoms with E-state index < -0.39 is 17.7 Å². The van der Waals surface area contributed by atoms with Crippen LogP contribution in [0.2, 0.25) is 0 Å². The van der Waals surface area contributed by atoms with Crippen molar-refractivity contribution in [1.82, 2.24) is 4.98 Å². The molecular formula is C30H37N3O5. The molecule has 3 rings (SSSR count). The number of hydrogen-bond donors (Lipinski definition) is 0. The third-order valence-electron chi connectivity index (χ3n) is 5.48. The molecule has 0 spiro atoms. The fraction of sp³-hybridized carbons (Fsp3) is 0.367. The second-order valence-corrected chi connectivity index (χ2v) is 10.1. The van der Waals surface area contributed by atoms with E-state index in [9.17, 15) is 9.59 Å². The van der Waals surface area contributed by atoms with E-state index in [2.05, 4.69) is 0 Å². The Kier molecular flexibility index (Phi) is 9.34. The predicted octanol–water partition coefficient (Wildman–Crippen LogP) is 6.41. The number of carbonyl (C=O) groups is 2. The van der Waals surface area contributed by atoms with E-state index in [1.54, 1.807) is 56.9 Å². The molecule has 0 aliphatic carbocycles. The van der Waals surface area contributed by atoms with E-state index in [1.807, 2.05) is 57.4 Å². The third kappa shape index (κ3) is 7.25. The molecule has 0 aliphatic rings. The van der Waals surface area contributed by atoms with Crippen LogP contribution in [0.1, 0.15) is 55.6 Å². The lowest BCUT2D eigenvalue weighted by Gasteiger charge is -2.30. The number of anilines is 2. The van der Waals surface area contributed by atoms with Gasteiger partial charge in [0.05, 0.1) is 0 Å². The summed E-state index contributed by atoms with van der Waals surface area (Å²) in [5.74, 6) is 0.664. The lowest BCUT2D eigenvalue weighted by molar-refractivity contribution is 0.0576. The van der Waals surface area contributed by atoms with Crippen molar-refractivity contribution in [2.24, 2.45) is 0 Å². The van der Waals surface area contributed by atoms with Crippen molar-refractivity contribution in [3.8, 4) is 11.5 Å². The van der Waals surface area contributed by atoms with Crippen molar-refractivity contribution in [3.05, 3.63) is 77.4 Å². The molecule has 0 fully saturated rings. The van der Waals surface area contributed by atoms with Crippen LogP contribution in [-0.2, 0) is 11.3 Å². The number of esters is 1. The molecule has 0 atom stereocenters. The van der Waals surface area contributed by atoms with Gasteiger partial charge in [-0.3, -0.25) is 4.90 Å². The molecule has 0 saturated heterocycles. The number of para-hydroxylation sites is 1. The summed E-state index contributed by atoms with van der Waals surface area (Å²) in [6, 6.07) is 18.4. The number of pyridine rings is 1. The smallest absolute Gasteiger partial charge is 0.416 e. The highest BCUT2D eigenvalue weighted by atomic mass is 16.6. The maximum absolute atomic E-state index is 13.7. The molecule has 0 unspecified atom stereocenters. The molecule has 0 aliphatic heterocycles. The number of aromatic nitrogens is 1. The lowest BCUT2D eigenvalue weighted by Crippen LogP contribution is -2.38. The van der Waals surface area contributed by atoms with Gasteiger partial charge in [0.15, 0.2) is 11.6 Å².